The van der Waals surface area contributed by atoms with Gasteiger partial charge in [0.05, 0.1) is 30.8 Å². The van der Waals surface area contributed by atoms with Crippen molar-refractivity contribution < 1.29 is 9.53 Å². The Morgan fingerprint density at radius 2 is 2.07 bits per heavy atom. The number of nitrogens with one attached hydrogen (secondary N) is 1. The zero-order chi connectivity index (χ0) is 19.4. The van der Waals surface area contributed by atoms with Gasteiger partial charge in [-0.3, -0.25) is 14.8 Å². The Morgan fingerprint density at radius 1 is 1.29 bits per heavy atom. The molecule has 1 aromatic carbocycles. The molecule has 6 nitrogen and oxygen atoms in total. The molecule has 150 valence electrons. The molecule has 2 aliphatic heterocycles. The van der Waals surface area contributed by atoms with E-state index < -0.39 is 0 Å². The van der Waals surface area contributed by atoms with Gasteiger partial charge in [-0.25, -0.2) is 0 Å². The van der Waals surface area contributed by atoms with Gasteiger partial charge in [0.2, 0.25) is 5.91 Å². The number of aromatic amines is 1. The highest BCUT2D eigenvalue weighted by Crippen LogP contribution is 2.63. The summed E-state index contributed by atoms with van der Waals surface area (Å²) in [5.74, 6) is 0.811. The number of fused-ring (bicyclic) bond motifs is 2. The molecule has 1 aliphatic carbocycles. The van der Waals surface area contributed by atoms with Crippen LogP contribution in [0.1, 0.15) is 26.0 Å². The second kappa shape index (κ2) is 6.56. The Bertz CT molecular complexity index is 886. The van der Waals surface area contributed by atoms with Crippen LogP contribution in [0, 0.1) is 16.7 Å². The molecular formula is C22H30N4O2. The van der Waals surface area contributed by atoms with Crippen molar-refractivity contribution in [3.05, 3.63) is 30.0 Å². The number of morpholine rings is 1. The van der Waals surface area contributed by atoms with Crippen LogP contribution in [0.3, 0.4) is 0 Å². The molecule has 0 bridgehead atoms. The van der Waals surface area contributed by atoms with E-state index in [9.17, 15) is 4.79 Å². The highest BCUT2D eigenvalue weighted by molar-refractivity contribution is 5.87. The third kappa shape index (κ3) is 2.94. The number of nitrogens with zero attached hydrogens (tertiary/aromatic N) is 3. The number of benzene rings is 1. The zero-order valence-electron chi connectivity index (χ0n) is 16.9. The fourth-order valence-electron chi connectivity index (χ4n) is 6.15. The number of hydrogen-bond donors (Lipinski definition) is 1. The molecule has 1 aromatic heterocycles. The number of carbonyl (C=O) groups excluding carboxylic acids is 1. The first-order valence-electron chi connectivity index (χ1n) is 10.5. The molecule has 3 fully saturated rings. The van der Waals surface area contributed by atoms with Crippen molar-refractivity contribution in [2.45, 2.75) is 26.7 Å². The van der Waals surface area contributed by atoms with E-state index in [0.29, 0.717) is 17.8 Å². The summed E-state index contributed by atoms with van der Waals surface area (Å²) in [6, 6.07) is 8.00. The molecule has 0 radical (unpaired) electrons. The fraction of sp³-hybridized carbons (Fsp3) is 0.636. The summed E-state index contributed by atoms with van der Waals surface area (Å²) in [6.07, 6.45) is 1.61. The molecule has 0 spiro atoms. The van der Waals surface area contributed by atoms with E-state index in [1.165, 1.54) is 6.42 Å². The molecule has 3 aliphatic rings. The number of H-pyrrole nitrogens is 1. The first-order chi connectivity index (χ1) is 13.5. The van der Waals surface area contributed by atoms with Crippen LogP contribution in [-0.4, -0.2) is 71.8 Å². The molecule has 2 aromatic rings. The minimum Gasteiger partial charge on any atom is -0.379 e. The van der Waals surface area contributed by atoms with Crippen molar-refractivity contribution in [1.29, 1.82) is 0 Å². The van der Waals surface area contributed by atoms with Crippen LogP contribution >= 0.6 is 0 Å². The molecular weight excluding hydrogens is 352 g/mol. The van der Waals surface area contributed by atoms with E-state index in [1.54, 1.807) is 0 Å². The lowest BCUT2D eigenvalue weighted by atomic mass is 9.48. The van der Waals surface area contributed by atoms with Gasteiger partial charge in [0.15, 0.2) is 0 Å². The van der Waals surface area contributed by atoms with Gasteiger partial charge in [-0.1, -0.05) is 32.0 Å². The van der Waals surface area contributed by atoms with Crippen molar-refractivity contribution in [3.63, 3.8) is 0 Å². The van der Waals surface area contributed by atoms with Gasteiger partial charge in [0.1, 0.15) is 0 Å². The average molecular weight is 383 g/mol. The Hall–Kier alpha value is -1.92. The van der Waals surface area contributed by atoms with Gasteiger partial charge >= 0.3 is 0 Å². The molecule has 2 saturated heterocycles. The number of rotatable bonds is 4. The van der Waals surface area contributed by atoms with Crippen LogP contribution in [-0.2, 0) is 16.0 Å². The topological polar surface area (TPSA) is 61.5 Å². The van der Waals surface area contributed by atoms with Gasteiger partial charge < -0.3 is 9.64 Å². The lowest BCUT2D eigenvalue weighted by molar-refractivity contribution is -0.130. The first-order valence-corrected chi connectivity index (χ1v) is 10.5. The van der Waals surface area contributed by atoms with Crippen molar-refractivity contribution in [3.8, 4) is 0 Å². The quantitative estimate of drug-likeness (QED) is 0.882. The molecule has 6 heteroatoms. The molecule has 3 heterocycles. The normalized spacial score (nSPS) is 29.6. The summed E-state index contributed by atoms with van der Waals surface area (Å²) in [6.45, 7) is 11.3. The Morgan fingerprint density at radius 3 is 2.86 bits per heavy atom. The third-order valence-electron chi connectivity index (χ3n) is 7.26. The van der Waals surface area contributed by atoms with Crippen molar-refractivity contribution in [1.82, 2.24) is 20.0 Å². The third-order valence-corrected chi connectivity index (χ3v) is 7.26. The summed E-state index contributed by atoms with van der Waals surface area (Å²) in [4.78, 5) is 17.8. The predicted octanol–water partition coefficient (Wildman–Crippen LogP) is 2.31. The van der Waals surface area contributed by atoms with E-state index in [-0.39, 0.29) is 11.3 Å². The maximum Gasteiger partial charge on any atom is 0.228 e. The van der Waals surface area contributed by atoms with E-state index in [1.807, 2.05) is 24.3 Å². The number of amides is 1. The second-order valence-corrected chi connectivity index (χ2v) is 9.64. The minimum absolute atomic E-state index is 0.223. The SMILES string of the molecule is CC1(C)C[C@]2(CN3CCOCC3)CN(C(=O)Cc3[nH]nc4ccccc34)C[C@H]12. The van der Waals surface area contributed by atoms with Crippen molar-refractivity contribution in [2.24, 2.45) is 16.7 Å². The Balaban J connectivity index is 1.31. The highest BCUT2D eigenvalue weighted by atomic mass is 16.5. The maximum atomic E-state index is 13.2. The van der Waals surface area contributed by atoms with Crippen LogP contribution in [0.25, 0.3) is 10.9 Å². The van der Waals surface area contributed by atoms with E-state index in [0.717, 1.165) is 62.5 Å². The van der Waals surface area contributed by atoms with Crippen LogP contribution in [0.4, 0.5) is 0 Å². The first kappa shape index (κ1) is 18.1. The lowest BCUT2D eigenvalue weighted by Crippen LogP contribution is -2.59. The standard InChI is InChI=1S/C22H30N4O2/c1-21(2)13-22(14-25-7-9-28-10-8-25)15-26(12-19(21)22)20(27)11-18-16-5-3-4-6-17(16)23-24-18/h3-6,19H,7-15H2,1-2H3,(H,23,24)/t19-,22+/m1/s1. The van der Waals surface area contributed by atoms with Crippen molar-refractivity contribution >= 4 is 16.8 Å². The number of aromatic nitrogens is 2. The minimum atomic E-state index is 0.223. The average Bonchev–Trinajstić information content (AvgIpc) is 3.22. The summed E-state index contributed by atoms with van der Waals surface area (Å²) in [7, 11) is 0. The highest BCUT2D eigenvalue weighted by Gasteiger charge is 2.63. The van der Waals surface area contributed by atoms with Gasteiger partial charge in [-0.15, -0.1) is 0 Å². The van der Waals surface area contributed by atoms with Crippen LogP contribution in [0.5, 0.6) is 0 Å². The molecule has 1 amide bonds. The fourth-order valence-corrected chi connectivity index (χ4v) is 6.15. The molecule has 2 atom stereocenters. The van der Waals surface area contributed by atoms with E-state index in [4.69, 9.17) is 4.74 Å². The maximum absolute atomic E-state index is 13.2. The number of carbonyl (C=O) groups is 1. The lowest BCUT2D eigenvalue weighted by Gasteiger charge is -2.58. The molecule has 1 saturated carbocycles. The summed E-state index contributed by atoms with van der Waals surface area (Å²) < 4.78 is 5.52. The van der Waals surface area contributed by atoms with Crippen LogP contribution in [0.15, 0.2) is 24.3 Å². The molecule has 0 unspecified atom stereocenters. The number of ether oxygens (including phenoxy) is 1. The number of para-hydroxylation sites is 1. The summed E-state index contributed by atoms with van der Waals surface area (Å²) in [5.41, 5.74) is 2.44. The van der Waals surface area contributed by atoms with Gasteiger partial charge in [-0.05, 0) is 23.8 Å². The largest absolute Gasteiger partial charge is 0.379 e. The van der Waals surface area contributed by atoms with Crippen LogP contribution in [0.2, 0.25) is 0 Å². The Labute approximate surface area is 166 Å². The number of likely N-dealkylation sites (tertiary alicyclic amines) is 1. The van der Waals surface area contributed by atoms with Gasteiger partial charge in [-0.2, -0.15) is 5.10 Å². The predicted molar refractivity (Wildman–Crippen MR) is 108 cm³/mol. The molecule has 5 rings (SSSR count). The van der Waals surface area contributed by atoms with Gasteiger partial charge in [0.25, 0.3) is 0 Å². The van der Waals surface area contributed by atoms with Crippen LogP contribution < -0.4 is 0 Å². The van der Waals surface area contributed by atoms with E-state index >= 15 is 0 Å². The molecule has 28 heavy (non-hydrogen) atoms. The monoisotopic (exact) mass is 382 g/mol. The second-order valence-electron chi connectivity index (χ2n) is 9.64. The number of hydrogen-bond acceptors (Lipinski definition) is 4. The Kier molecular flexibility index (Phi) is 4.25. The van der Waals surface area contributed by atoms with Crippen molar-refractivity contribution in [2.75, 3.05) is 45.9 Å². The smallest absolute Gasteiger partial charge is 0.228 e. The van der Waals surface area contributed by atoms with E-state index in [2.05, 4.69) is 33.8 Å². The summed E-state index contributed by atoms with van der Waals surface area (Å²) >= 11 is 0. The molecule has 1 N–H and O–H groups in total. The zero-order valence-corrected chi connectivity index (χ0v) is 16.9. The summed E-state index contributed by atoms with van der Waals surface area (Å²) in [5, 5.41) is 8.48. The van der Waals surface area contributed by atoms with Gasteiger partial charge in [0, 0.05) is 43.5 Å².